The standard InChI is InChI=1S/C24H23Cl2F3N2O3/c1-21(2,3)20(32)33-22(12-30-13-22)15-6-4-14(5-7-15)19-11-23(34-31-19,24(27,28)29)16-8-17(25)10-18(26)9-16/h4-10,30H,11-13H2,1-3H3/t23-/m0/s1. The van der Waals surface area contributed by atoms with Crippen molar-refractivity contribution in [2.75, 3.05) is 13.1 Å². The van der Waals surface area contributed by atoms with Crippen LogP contribution < -0.4 is 5.32 Å². The number of nitrogens with one attached hydrogen (secondary N) is 1. The Balaban J connectivity index is 1.60. The third kappa shape index (κ3) is 4.39. The Bertz CT molecular complexity index is 1120. The molecule has 1 N–H and O–H groups in total. The molecule has 0 bridgehead atoms. The van der Waals surface area contributed by atoms with Crippen molar-refractivity contribution in [3.05, 3.63) is 69.2 Å². The van der Waals surface area contributed by atoms with Gasteiger partial charge in [0.25, 0.3) is 5.60 Å². The van der Waals surface area contributed by atoms with Crippen LogP contribution in [0.1, 0.15) is 43.9 Å². The lowest BCUT2D eigenvalue weighted by atomic mass is 9.84. The second kappa shape index (κ2) is 8.43. The van der Waals surface area contributed by atoms with Crippen molar-refractivity contribution in [1.82, 2.24) is 5.32 Å². The molecular weight excluding hydrogens is 492 g/mol. The van der Waals surface area contributed by atoms with Gasteiger partial charge in [-0.05, 0) is 50.1 Å². The van der Waals surface area contributed by atoms with Crippen LogP contribution in [0.15, 0.2) is 47.6 Å². The number of alkyl halides is 3. The van der Waals surface area contributed by atoms with E-state index in [0.717, 1.165) is 5.56 Å². The Labute approximate surface area is 205 Å². The molecule has 2 aliphatic heterocycles. The Morgan fingerprint density at radius 1 is 1.03 bits per heavy atom. The quantitative estimate of drug-likeness (QED) is 0.511. The first-order valence-corrected chi connectivity index (χ1v) is 11.3. The number of halogens is 5. The fourth-order valence-corrected chi connectivity index (χ4v) is 4.36. The average molecular weight is 515 g/mol. The summed E-state index contributed by atoms with van der Waals surface area (Å²) in [5.74, 6) is -0.332. The Hall–Kier alpha value is -2.29. The SMILES string of the molecule is CC(C)(C)C(=O)OC1(c2ccc(C3=NO[C@@](c4cc(Cl)cc(Cl)c4)(C(F)(F)F)C3)cc2)CNC1. The number of ether oxygens (including phenoxy) is 1. The van der Waals surface area contributed by atoms with Gasteiger partial charge in [-0.3, -0.25) is 4.79 Å². The molecule has 0 radical (unpaired) electrons. The molecule has 0 amide bonds. The van der Waals surface area contributed by atoms with Gasteiger partial charge in [-0.1, -0.05) is 52.6 Å². The van der Waals surface area contributed by atoms with E-state index in [1.807, 2.05) is 0 Å². The molecule has 10 heteroatoms. The minimum absolute atomic E-state index is 0.0664. The largest absolute Gasteiger partial charge is 0.451 e. The molecule has 2 aromatic carbocycles. The third-order valence-corrected chi connectivity index (χ3v) is 6.42. The summed E-state index contributed by atoms with van der Waals surface area (Å²) in [4.78, 5) is 17.5. The number of rotatable bonds is 4. The van der Waals surface area contributed by atoms with Crippen LogP contribution in [0, 0.1) is 5.41 Å². The second-order valence-electron chi connectivity index (χ2n) is 9.60. The van der Waals surface area contributed by atoms with E-state index in [1.54, 1.807) is 45.0 Å². The summed E-state index contributed by atoms with van der Waals surface area (Å²) in [6, 6.07) is 10.5. The van der Waals surface area contributed by atoms with E-state index in [0.29, 0.717) is 18.7 Å². The Kier molecular flexibility index (Phi) is 6.15. The maximum absolute atomic E-state index is 14.2. The predicted octanol–water partition coefficient (Wildman–Crippen LogP) is 5.96. The van der Waals surface area contributed by atoms with Crippen LogP contribution in [-0.4, -0.2) is 30.9 Å². The number of oxime groups is 1. The number of nitrogens with zero attached hydrogens (tertiary/aromatic N) is 1. The summed E-state index contributed by atoms with van der Waals surface area (Å²) in [5.41, 5.74) is -3.05. The van der Waals surface area contributed by atoms with Crippen LogP contribution in [0.5, 0.6) is 0 Å². The minimum Gasteiger partial charge on any atom is -0.451 e. The highest BCUT2D eigenvalue weighted by Crippen LogP contribution is 2.49. The maximum Gasteiger partial charge on any atom is 0.435 e. The van der Waals surface area contributed by atoms with Gasteiger partial charge in [0.1, 0.15) is 0 Å². The lowest BCUT2D eigenvalue weighted by molar-refractivity contribution is -0.275. The summed E-state index contributed by atoms with van der Waals surface area (Å²) in [5, 5.41) is 7.03. The van der Waals surface area contributed by atoms with E-state index >= 15 is 0 Å². The summed E-state index contributed by atoms with van der Waals surface area (Å²) in [6.07, 6.45) is -5.31. The highest BCUT2D eigenvalue weighted by atomic mass is 35.5. The molecule has 1 saturated heterocycles. The molecule has 0 unspecified atom stereocenters. The molecule has 2 aromatic rings. The fraction of sp³-hybridized carbons (Fsp3) is 0.417. The highest BCUT2D eigenvalue weighted by molar-refractivity contribution is 6.34. The smallest absolute Gasteiger partial charge is 0.435 e. The van der Waals surface area contributed by atoms with E-state index in [-0.39, 0.29) is 27.3 Å². The van der Waals surface area contributed by atoms with Crippen LogP contribution in [0.4, 0.5) is 13.2 Å². The maximum atomic E-state index is 14.2. The second-order valence-corrected chi connectivity index (χ2v) is 10.5. The molecule has 4 rings (SSSR count). The van der Waals surface area contributed by atoms with E-state index < -0.39 is 29.2 Å². The molecule has 1 fully saturated rings. The third-order valence-electron chi connectivity index (χ3n) is 5.98. The van der Waals surface area contributed by atoms with Crippen molar-refractivity contribution in [1.29, 1.82) is 0 Å². The number of hydrogen-bond acceptors (Lipinski definition) is 5. The molecule has 0 aliphatic carbocycles. The molecule has 1 atom stereocenters. The summed E-state index contributed by atoms with van der Waals surface area (Å²) in [7, 11) is 0. The van der Waals surface area contributed by atoms with Gasteiger partial charge in [0, 0.05) is 35.1 Å². The Morgan fingerprint density at radius 3 is 2.09 bits per heavy atom. The lowest BCUT2D eigenvalue weighted by Crippen LogP contribution is -2.60. The van der Waals surface area contributed by atoms with Crippen LogP contribution in [0.25, 0.3) is 0 Å². The molecule has 0 spiro atoms. The fourth-order valence-electron chi connectivity index (χ4n) is 3.83. The number of carbonyl (C=O) groups excluding carboxylic acids is 1. The highest BCUT2D eigenvalue weighted by Gasteiger charge is 2.62. The van der Waals surface area contributed by atoms with E-state index in [4.69, 9.17) is 32.8 Å². The molecule has 5 nitrogen and oxygen atoms in total. The van der Waals surface area contributed by atoms with Crippen molar-refractivity contribution >= 4 is 34.9 Å². The molecule has 2 heterocycles. The van der Waals surface area contributed by atoms with Gasteiger partial charge in [0.05, 0.1) is 11.1 Å². The average Bonchev–Trinajstić information content (AvgIpc) is 3.16. The van der Waals surface area contributed by atoms with Crippen molar-refractivity contribution < 1.29 is 27.5 Å². The normalized spacial score (nSPS) is 21.9. The van der Waals surface area contributed by atoms with Gasteiger partial charge in [0.15, 0.2) is 5.60 Å². The van der Waals surface area contributed by atoms with Gasteiger partial charge in [-0.2, -0.15) is 13.2 Å². The van der Waals surface area contributed by atoms with E-state index in [2.05, 4.69) is 10.5 Å². The molecule has 0 saturated carbocycles. The summed E-state index contributed by atoms with van der Waals surface area (Å²) in [6.45, 7) is 6.22. The number of benzene rings is 2. The van der Waals surface area contributed by atoms with Crippen molar-refractivity contribution in [3.8, 4) is 0 Å². The van der Waals surface area contributed by atoms with Gasteiger partial charge in [-0.25, -0.2) is 0 Å². The van der Waals surface area contributed by atoms with Crippen molar-refractivity contribution in [2.24, 2.45) is 10.6 Å². The van der Waals surface area contributed by atoms with Crippen LogP contribution in [0.3, 0.4) is 0 Å². The monoisotopic (exact) mass is 514 g/mol. The van der Waals surface area contributed by atoms with Crippen molar-refractivity contribution in [2.45, 2.75) is 44.6 Å². The number of esters is 1. The van der Waals surface area contributed by atoms with Gasteiger partial charge >= 0.3 is 12.1 Å². The molecule has 34 heavy (non-hydrogen) atoms. The van der Waals surface area contributed by atoms with Crippen LogP contribution in [0.2, 0.25) is 10.0 Å². The molecular formula is C24H23Cl2F3N2O3. The summed E-state index contributed by atoms with van der Waals surface area (Å²) >= 11 is 11.9. The van der Waals surface area contributed by atoms with E-state index in [1.165, 1.54) is 18.2 Å². The first-order valence-electron chi connectivity index (χ1n) is 10.6. The minimum atomic E-state index is -4.77. The zero-order valence-electron chi connectivity index (χ0n) is 18.7. The van der Waals surface area contributed by atoms with Gasteiger partial charge < -0.3 is 14.9 Å². The van der Waals surface area contributed by atoms with E-state index in [9.17, 15) is 18.0 Å². The van der Waals surface area contributed by atoms with Gasteiger partial charge in [0.2, 0.25) is 0 Å². The molecule has 182 valence electrons. The number of carbonyl (C=O) groups is 1. The molecule has 2 aliphatic rings. The van der Waals surface area contributed by atoms with Crippen LogP contribution in [-0.2, 0) is 25.6 Å². The zero-order valence-corrected chi connectivity index (χ0v) is 20.2. The van der Waals surface area contributed by atoms with Crippen molar-refractivity contribution in [3.63, 3.8) is 0 Å². The summed E-state index contributed by atoms with van der Waals surface area (Å²) < 4.78 is 48.4. The molecule has 0 aromatic heterocycles. The number of hydrogen-bond donors (Lipinski definition) is 1. The lowest BCUT2D eigenvalue weighted by Gasteiger charge is -2.43. The Morgan fingerprint density at radius 2 is 1.62 bits per heavy atom. The van der Waals surface area contributed by atoms with Crippen LogP contribution >= 0.6 is 23.2 Å². The first kappa shape index (κ1) is 24.8. The zero-order chi connectivity index (χ0) is 24.9. The topological polar surface area (TPSA) is 59.9 Å². The predicted molar refractivity (Wildman–Crippen MR) is 123 cm³/mol. The van der Waals surface area contributed by atoms with Gasteiger partial charge in [-0.15, -0.1) is 0 Å². The first-order chi connectivity index (χ1) is 15.8.